The van der Waals surface area contributed by atoms with E-state index in [9.17, 15) is 4.79 Å². The molecule has 2 aliphatic rings. The summed E-state index contributed by atoms with van der Waals surface area (Å²) in [5, 5.41) is 6.34. The molecule has 0 saturated heterocycles. The fourth-order valence-corrected chi connectivity index (χ4v) is 2.40. The second-order valence-electron chi connectivity index (χ2n) is 5.06. The lowest BCUT2D eigenvalue weighted by molar-refractivity contribution is -0.121. The maximum atomic E-state index is 11.6. The van der Waals surface area contributed by atoms with E-state index in [1.54, 1.807) is 0 Å². The van der Waals surface area contributed by atoms with Crippen molar-refractivity contribution in [3.63, 3.8) is 0 Å². The minimum absolute atomic E-state index is 0.168. The van der Waals surface area contributed by atoms with E-state index in [0.717, 1.165) is 5.92 Å². The summed E-state index contributed by atoms with van der Waals surface area (Å²) in [4.78, 5) is 11.6. The fourth-order valence-electron chi connectivity index (χ4n) is 2.40. The molecule has 0 bridgehead atoms. The Morgan fingerprint density at radius 2 is 1.93 bits per heavy atom. The number of hydrogen-bond donors (Lipinski definition) is 2. The van der Waals surface area contributed by atoms with Crippen molar-refractivity contribution >= 4 is 5.91 Å². The quantitative estimate of drug-likeness (QED) is 0.721. The zero-order chi connectivity index (χ0) is 10.7. The van der Waals surface area contributed by atoms with Crippen LogP contribution >= 0.6 is 0 Å². The van der Waals surface area contributed by atoms with E-state index >= 15 is 0 Å². The molecule has 2 rings (SSSR count). The monoisotopic (exact) mass is 210 g/mol. The molecule has 2 saturated carbocycles. The van der Waals surface area contributed by atoms with Crippen molar-refractivity contribution in [3.05, 3.63) is 0 Å². The second kappa shape index (κ2) is 4.97. The molecule has 3 heteroatoms. The lowest BCUT2D eigenvalue weighted by Gasteiger charge is -2.20. The minimum Gasteiger partial charge on any atom is -0.352 e. The van der Waals surface area contributed by atoms with Crippen LogP contribution in [0.5, 0.6) is 0 Å². The largest absolute Gasteiger partial charge is 0.352 e. The zero-order valence-electron chi connectivity index (χ0n) is 9.59. The van der Waals surface area contributed by atoms with E-state index in [1.165, 1.54) is 38.5 Å². The number of carbonyl (C=O) groups excluding carboxylic acids is 1. The van der Waals surface area contributed by atoms with Crippen molar-refractivity contribution in [1.82, 2.24) is 10.6 Å². The highest BCUT2D eigenvalue weighted by Crippen LogP contribution is 2.27. The summed E-state index contributed by atoms with van der Waals surface area (Å²) in [6, 6.07) is 0.985. The highest BCUT2D eigenvalue weighted by Gasteiger charge is 2.24. The SMILES string of the molecule is C[C@H](NC(=O)CNC1CC1)C1CCCC1. The number of hydrogen-bond acceptors (Lipinski definition) is 2. The van der Waals surface area contributed by atoms with Crippen molar-refractivity contribution in [3.8, 4) is 0 Å². The number of nitrogens with one attached hydrogen (secondary N) is 2. The van der Waals surface area contributed by atoms with E-state index in [1.807, 2.05) is 0 Å². The number of amides is 1. The topological polar surface area (TPSA) is 41.1 Å². The highest BCUT2D eigenvalue weighted by molar-refractivity contribution is 5.78. The van der Waals surface area contributed by atoms with Gasteiger partial charge in [-0.05, 0) is 38.5 Å². The molecule has 0 aliphatic heterocycles. The Labute approximate surface area is 92.0 Å². The summed E-state index contributed by atoms with van der Waals surface area (Å²) in [6.45, 7) is 2.65. The van der Waals surface area contributed by atoms with Gasteiger partial charge in [-0.2, -0.15) is 0 Å². The molecule has 2 fully saturated rings. The molecule has 0 unspecified atom stereocenters. The van der Waals surface area contributed by atoms with Gasteiger partial charge >= 0.3 is 0 Å². The van der Waals surface area contributed by atoms with Gasteiger partial charge in [0.1, 0.15) is 0 Å². The van der Waals surface area contributed by atoms with Crippen molar-refractivity contribution in [1.29, 1.82) is 0 Å². The summed E-state index contributed by atoms with van der Waals surface area (Å²) in [5.74, 6) is 0.885. The Hall–Kier alpha value is -0.570. The lowest BCUT2D eigenvalue weighted by atomic mass is 10.00. The van der Waals surface area contributed by atoms with Gasteiger partial charge < -0.3 is 10.6 Å². The minimum atomic E-state index is 0.168. The molecule has 1 atom stereocenters. The third-order valence-electron chi connectivity index (χ3n) is 3.62. The van der Waals surface area contributed by atoms with Crippen molar-refractivity contribution in [2.45, 2.75) is 57.5 Å². The van der Waals surface area contributed by atoms with Crippen LogP contribution in [0.15, 0.2) is 0 Å². The van der Waals surface area contributed by atoms with Gasteiger partial charge in [-0.15, -0.1) is 0 Å². The van der Waals surface area contributed by atoms with Gasteiger partial charge in [0.25, 0.3) is 0 Å². The number of carbonyl (C=O) groups is 1. The van der Waals surface area contributed by atoms with E-state index in [4.69, 9.17) is 0 Å². The lowest BCUT2D eigenvalue weighted by Crippen LogP contribution is -2.42. The molecule has 0 aromatic rings. The van der Waals surface area contributed by atoms with Crippen LogP contribution in [0.3, 0.4) is 0 Å². The van der Waals surface area contributed by atoms with Crippen LogP contribution in [0.2, 0.25) is 0 Å². The normalized spacial score (nSPS) is 24.1. The molecule has 1 amide bonds. The maximum absolute atomic E-state index is 11.6. The molecular weight excluding hydrogens is 188 g/mol. The van der Waals surface area contributed by atoms with Gasteiger partial charge in [0.2, 0.25) is 5.91 Å². The van der Waals surface area contributed by atoms with Gasteiger partial charge in [0, 0.05) is 12.1 Å². The first kappa shape index (κ1) is 10.9. The summed E-state index contributed by atoms with van der Waals surface area (Å²) in [5.41, 5.74) is 0. The molecule has 0 spiro atoms. The van der Waals surface area contributed by atoms with Gasteiger partial charge in [-0.3, -0.25) is 4.79 Å². The van der Waals surface area contributed by atoms with Crippen molar-refractivity contribution in [2.75, 3.05) is 6.54 Å². The smallest absolute Gasteiger partial charge is 0.234 e. The molecular formula is C12H22N2O. The fraction of sp³-hybridized carbons (Fsp3) is 0.917. The maximum Gasteiger partial charge on any atom is 0.234 e. The van der Waals surface area contributed by atoms with Crippen LogP contribution in [0.4, 0.5) is 0 Å². The molecule has 3 nitrogen and oxygen atoms in total. The summed E-state index contributed by atoms with van der Waals surface area (Å²) in [7, 11) is 0. The average Bonchev–Trinajstić information content (AvgIpc) is 2.87. The van der Waals surface area contributed by atoms with E-state index in [-0.39, 0.29) is 5.91 Å². The molecule has 0 aromatic carbocycles. The van der Waals surface area contributed by atoms with Crippen molar-refractivity contribution in [2.24, 2.45) is 5.92 Å². The molecule has 2 aliphatic carbocycles. The standard InChI is InChI=1S/C12H22N2O/c1-9(10-4-2-3-5-10)14-12(15)8-13-11-6-7-11/h9-11,13H,2-8H2,1H3,(H,14,15)/t9-/m0/s1. The van der Waals surface area contributed by atoms with Gasteiger partial charge in [0.05, 0.1) is 6.54 Å². The molecule has 2 N–H and O–H groups in total. The molecule has 86 valence electrons. The van der Waals surface area contributed by atoms with E-state index < -0.39 is 0 Å². The van der Waals surface area contributed by atoms with Crippen LogP contribution in [0.25, 0.3) is 0 Å². The highest BCUT2D eigenvalue weighted by atomic mass is 16.1. The predicted molar refractivity (Wildman–Crippen MR) is 60.6 cm³/mol. The predicted octanol–water partition coefficient (Wildman–Crippen LogP) is 1.43. The Bertz CT molecular complexity index is 220. The van der Waals surface area contributed by atoms with Gasteiger partial charge in [0.15, 0.2) is 0 Å². The average molecular weight is 210 g/mol. The van der Waals surface area contributed by atoms with Gasteiger partial charge in [-0.25, -0.2) is 0 Å². The Kier molecular flexibility index (Phi) is 3.62. The summed E-state index contributed by atoms with van der Waals surface area (Å²) < 4.78 is 0. The molecule has 0 radical (unpaired) electrons. The third-order valence-corrected chi connectivity index (χ3v) is 3.62. The molecule has 0 heterocycles. The molecule has 0 aromatic heterocycles. The van der Waals surface area contributed by atoms with Crippen LogP contribution < -0.4 is 10.6 Å². The molecule has 15 heavy (non-hydrogen) atoms. The Morgan fingerprint density at radius 3 is 2.53 bits per heavy atom. The summed E-state index contributed by atoms with van der Waals surface area (Å²) >= 11 is 0. The van der Waals surface area contributed by atoms with E-state index in [2.05, 4.69) is 17.6 Å². The Balaban J connectivity index is 1.62. The number of rotatable bonds is 5. The zero-order valence-corrected chi connectivity index (χ0v) is 9.59. The van der Waals surface area contributed by atoms with Gasteiger partial charge in [-0.1, -0.05) is 12.8 Å². The second-order valence-corrected chi connectivity index (χ2v) is 5.06. The third kappa shape index (κ3) is 3.49. The van der Waals surface area contributed by atoms with Crippen LogP contribution in [-0.2, 0) is 4.79 Å². The van der Waals surface area contributed by atoms with Crippen LogP contribution in [-0.4, -0.2) is 24.5 Å². The van der Waals surface area contributed by atoms with Crippen LogP contribution in [0, 0.1) is 5.92 Å². The van der Waals surface area contributed by atoms with E-state index in [0.29, 0.717) is 18.6 Å². The summed E-state index contributed by atoms with van der Waals surface area (Å²) in [6.07, 6.45) is 7.74. The van der Waals surface area contributed by atoms with Crippen LogP contribution in [0.1, 0.15) is 45.4 Å². The first-order valence-electron chi connectivity index (χ1n) is 6.28. The first-order chi connectivity index (χ1) is 7.25. The van der Waals surface area contributed by atoms with Crippen molar-refractivity contribution < 1.29 is 4.79 Å². The Morgan fingerprint density at radius 1 is 1.27 bits per heavy atom. The first-order valence-corrected chi connectivity index (χ1v) is 6.28.